The fourth-order valence-electron chi connectivity index (χ4n) is 2.59. The molecule has 0 saturated heterocycles. The highest BCUT2D eigenvalue weighted by Crippen LogP contribution is 2.31. The summed E-state index contributed by atoms with van der Waals surface area (Å²) < 4.78 is 11.5. The third-order valence-corrected chi connectivity index (χ3v) is 4.37. The van der Waals surface area contributed by atoms with E-state index in [-0.39, 0.29) is 5.56 Å². The molecular formula is C22H21O4P. The summed E-state index contributed by atoms with van der Waals surface area (Å²) in [5, 5.41) is 10.5. The Morgan fingerprint density at radius 1 is 0.926 bits per heavy atom. The van der Waals surface area contributed by atoms with E-state index in [9.17, 15) is 9.90 Å². The minimum atomic E-state index is -1.03. The molecular weight excluding hydrogens is 359 g/mol. The zero-order valence-electron chi connectivity index (χ0n) is 15.0. The van der Waals surface area contributed by atoms with E-state index in [1.807, 2.05) is 36.4 Å². The van der Waals surface area contributed by atoms with E-state index in [1.165, 1.54) is 0 Å². The normalized spacial score (nSPS) is 10.4. The van der Waals surface area contributed by atoms with Gasteiger partial charge in [-0.15, -0.1) is 9.24 Å². The summed E-state index contributed by atoms with van der Waals surface area (Å²) in [6.45, 7) is 2.74. The van der Waals surface area contributed by atoms with Gasteiger partial charge in [-0.2, -0.15) is 0 Å². The predicted octanol–water partition coefficient (Wildman–Crippen LogP) is 5.13. The van der Waals surface area contributed by atoms with E-state index >= 15 is 0 Å². The lowest BCUT2D eigenvalue weighted by Crippen LogP contribution is -2.01. The molecule has 27 heavy (non-hydrogen) atoms. The summed E-state index contributed by atoms with van der Waals surface area (Å²) in [6, 6.07) is 20.2. The van der Waals surface area contributed by atoms with E-state index < -0.39 is 5.97 Å². The average molecular weight is 380 g/mol. The summed E-state index contributed by atoms with van der Waals surface area (Å²) in [6.07, 6.45) is 0.955. The number of hydrogen-bond acceptors (Lipinski definition) is 3. The van der Waals surface area contributed by atoms with E-state index in [0.29, 0.717) is 18.1 Å². The van der Waals surface area contributed by atoms with Gasteiger partial charge in [-0.05, 0) is 59.3 Å². The molecule has 0 saturated carbocycles. The third kappa shape index (κ3) is 4.87. The standard InChI is InChI=1S/C22H21O4P/c1-2-13-25-17-6-3-15(4-7-17)16-5-12-20(22(23)24)21(14-16)26-18-8-10-19(27)11-9-18/h3-12,14H,2,13,27H2,1H3,(H,23,24). The highest BCUT2D eigenvalue weighted by Gasteiger charge is 2.14. The third-order valence-electron chi connectivity index (χ3n) is 3.98. The van der Waals surface area contributed by atoms with E-state index in [0.717, 1.165) is 28.6 Å². The summed E-state index contributed by atoms with van der Waals surface area (Å²) in [5.74, 6) is 0.686. The Kier molecular flexibility index (Phi) is 6.10. The molecule has 1 unspecified atom stereocenters. The first-order valence-electron chi connectivity index (χ1n) is 8.71. The fraction of sp³-hybridized carbons (Fsp3) is 0.136. The van der Waals surface area contributed by atoms with Gasteiger partial charge in [0.15, 0.2) is 0 Å². The Morgan fingerprint density at radius 2 is 1.56 bits per heavy atom. The first kappa shape index (κ1) is 18.9. The minimum Gasteiger partial charge on any atom is -0.494 e. The van der Waals surface area contributed by atoms with Crippen molar-refractivity contribution in [2.24, 2.45) is 0 Å². The minimum absolute atomic E-state index is 0.122. The molecule has 0 radical (unpaired) electrons. The van der Waals surface area contributed by atoms with Gasteiger partial charge < -0.3 is 14.6 Å². The van der Waals surface area contributed by atoms with Gasteiger partial charge in [0, 0.05) is 0 Å². The predicted molar refractivity (Wildman–Crippen MR) is 110 cm³/mol. The molecule has 0 aromatic heterocycles. The van der Waals surface area contributed by atoms with E-state index in [1.54, 1.807) is 30.3 Å². The van der Waals surface area contributed by atoms with Crippen LogP contribution in [0.15, 0.2) is 66.7 Å². The maximum atomic E-state index is 11.6. The number of ether oxygens (including phenoxy) is 2. The van der Waals surface area contributed by atoms with Crippen molar-refractivity contribution in [2.75, 3.05) is 6.61 Å². The SMILES string of the molecule is CCCOc1ccc(-c2ccc(C(=O)O)c(Oc3ccc(P)cc3)c2)cc1. The molecule has 4 nitrogen and oxygen atoms in total. The Morgan fingerprint density at radius 3 is 2.19 bits per heavy atom. The van der Waals surface area contributed by atoms with Crippen molar-refractivity contribution in [3.63, 3.8) is 0 Å². The molecule has 0 amide bonds. The van der Waals surface area contributed by atoms with Gasteiger partial charge >= 0.3 is 5.97 Å². The van der Waals surface area contributed by atoms with Crippen molar-refractivity contribution in [3.8, 4) is 28.4 Å². The molecule has 138 valence electrons. The Hall–Kier alpha value is -2.84. The molecule has 1 N–H and O–H groups in total. The van der Waals surface area contributed by atoms with Gasteiger partial charge in [-0.25, -0.2) is 4.79 Å². The van der Waals surface area contributed by atoms with Crippen molar-refractivity contribution < 1.29 is 19.4 Å². The van der Waals surface area contributed by atoms with Crippen LogP contribution in [0.4, 0.5) is 0 Å². The second-order valence-corrected chi connectivity index (χ2v) is 6.73. The Bertz CT molecular complexity index is 918. The van der Waals surface area contributed by atoms with E-state index in [2.05, 4.69) is 16.2 Å². The summed E-state index contributed by atoms with van der Waals surface area (Å²) >= 11 is 0. The van der Waals surface area contributed by atoms with Gasteiger partial charge in [-0.1, -0.05) is 37.3 Å². The first-order chi connectivity index (χ1) is 13.1. The molecule has 0 heterocycles. The van der Waals surface area contributed by atoms with Crippen LogP contribution in [0.3, 0.4) is 0 Å². The lowest BCUT2D eigenvalue weighted by atomic mass is 10.0. The molecule has 3 aromatic carbocycles. The van der Waals surface area contributed by atoms with Gasteiger partial charge in [0.25, 0.3) is 0 Å². The van der Waals surface area contributed by atoms with Crippen LogP contribution in [-0.2, 0) is 0 Å². The molecule has 0 aliphatic heterocycles. The number of benzene rings is 3. The molecule has 1 atom stereocenters. The van der Waals surface area contributed by atoms with Crippen LogP contribution in [0.25, 0.3) is 11.1 Å². The number of carboxylic acids is 1. The summed E-state index contributed by atoms with van der Waals surface area (Å²) in [4.78, 5) is 11.6. The molecule has 0 spiro atoms. The van der Waals surface area contributed by atoms with Crippen molar-refractivity contribution in [2.45, 2.75) is 13.3 Å². The number of rotatable bonds is 7. The summed E-state index contributed by atoms with van der Waals surface area (Å²) in [5.41, 5.74) is 1.96. The van der Waals surface area contributed by atoms with Gasteiger partial charge in [-0.3, -0.25) is 0 Å². The van der Waals surface area contributed by atoms with Crippen molar-refractivity contribution >= 4 is 20.5 Å². The second kappa shape index (κ2) is 8.70. The topological polar surface area (TPSA) is 55.8 Å². The zero-order valence-corrected chi connectivity index (χ0v) is 16.2. The lowest BCUT2D eigenvalue weighted by Gasteiger charge is -2.12. The summed E-state index contributed by atoms with van der Waals surface area (Å²) in [7, 11) is 2.60. The number of hydrogen-bond donors (Lipinski definition) is 1. The highest BCUT2D eigenvalue weighted by molar-refractivity contribution is 7.27. The second-order valence-electron chi connectivity index (χ2n) is 6.06. The Labute approximate surface area is 161 Å². The number of carbonyl (C=O) groups is 1. The number of aromatic carboxylic acids is 1. The van der Waals surface area contributed by atoms with E-state index in [4.69, 9.17) is 9.47 Å². The monoisotopic (exact) mass is 380 g/mol. The van der Waals surface area contributed by atoms with Crippen molar-refractivity contribution in [1.82, 2.24) is 0 Å². The van der Waals surface area contributed by atoms with Gasteiger partial charge in [0.2, 0.25) is 0 Å². The quantitative estimate of drug-likeness (QED) is 0.577. The van der Waals surface area contributed by atoms with Crippen LogP contribution < -0.4 is 14.8 Å². The van der Waals surface area contributed by atoms with Gasteiger partial charge in [0.05, 0.1) is 6.61 Å². The smallest absolute Gasteiger partial charge is 0.339 e. The molecule has 3 aromatic rings. The van der Waals surface area contributed by atoms with Crippen molar-refractivity contribution in [3.05, 3.63) is 72.3 Å². The molecule has 0 aliphatic rings. The zero-order chi connectivity index (χ0) is 19.2. The molecule has 3 rings (SSSR count). The molecule has 5 heteroatoms. The maximum Gasteiger partial charge on any atom is 0.339 e. The highest BCUT2D eigenvalue weighted by atomic mass is 31.0. The first-order valence-corrected chi connectivity index (χ1v) is 9.28. The maximum absolute atomic E-state index is 11.6. The average Bonchev–Trinajstić information content (AvgIpc) is 2.68. The van der Waals surface area contributed by atoms with Gasteiger partial charge in [0.1, 0.15) is 22.8 Å². The van der Waals surface area contributed by atoms with Crippen LogP contribution >= 0.6 is 9.24 Å². The van der Waals surface area contributed by atoms with Crippen LogP contribution in [0.5, 0.6) is 17.2 Å². The van der Waals surface area contributed by atoms with Crippen LogP contribution in [0, 0.1) is 0 Å². The van der Waals surface area contributed by atoms with Crippen LogP contribution in [0.2, 0.25) is 0 Å². The largest absolute Gasteiger partial charge is 0.494 e. The van der Waals surface area contributed by atoms with Crippen molar-refractivity contribution in [1.29, 1.82) is 0 Å². The molecule has 0 fully saturated rings. The van der Waals surface area contributed by atoms with Crippen LogP contribution in [0.1, 0.15) is 23.7 Å². The molecule has 0 aliphatic carbocycles. The fourth-order valence-corrected chi connectivity index (χ4v) is 2.78. The lowest BCUT2D eigenvalue weighted by molar-refractivity contribution is 0.0694. The molecule has 0 bridgehead atoms. The van der Waals surface area contributed by atoms with Crippen LogP contribution in [-0.4, -0.2) is 17.7 Å². The Balaban J connectivity index is 1.90. The number of carboxylic acid groups (broad SMARTS) is 1.